The molecule has 0 spiro atoms. The number of anilines is 4. The van der Waals surface area contributed by atoms with E-state index >= 15 is 0 Å². The van der Waals surface area contributed by atoms with Crippen molar-refractivity contribution in [1.29, 1.82) is 0 Å². The maximum atomic E-state index is 13.5. The zero-order valence-electron chi connectivity index (χ0n) is 40.5. The van der Waals surface area contributed by atoms with Crippen LogP contribution >= 0.6 is 0 Å². The van der Waals surface area contributed by atoms with Gasteiger partial charge in [0.15, 0.2) is 5.65 Å². The Bertz CT molecular complexity index is 2350. The number of ether oxygens (including phenoxy) is 1. The van der Waals surface area contributed by atoms with Crippen LogP contribution in [0.1, 0.15) is 140 Å². The van der Waals surface area contributed by atoms with Crippen LogP contribution < -0.4 is 31.1 Å². The average molecular weight is 913 g/mol. The molecule has 2 aromatic heterocycles. The number of rotatable bonds is 24. The van der Waals surface area contributed by atoms with Crippen LogP contribution in [0.5, 0.6) is 5.75 Å². The van der Waals surface area contributed by atoms with Gasteiger partial charge < -0.3 is 25.6 Å². The number of fused-ring (bicyclic) bond motifs is 1. The van der Waals surface area contributed by atoms with E-state index in [9.17, 15) is 14.4 Å². The molecule has 12 nitrogen and oxygen atoms in total. The lowest BCUT2D eigenvalue weighted by Gasteiger charge is -2.56. The van der Waals surface area contributed by atoms with Crippen molar-refractivity contribution in [3.63, 3.8) is 0 Å². The number of hydrogen-bond acceptors (Lipinski definition) is 9. The second kappa shape index (κ2) is 22.0. The number of aryl methyl sites for hydroxylation is 1. The summed E-state index contributed by atoms with van der Waals surface area (Å²) < 4.78 is 7.44. The number of hydrogen-bond donors (Lipinski definition) is 3. The highest BCUT2D eigenvalue weighted by atomic mass is 16.5. The third kappa shape index (κ3) is 12.2. The maximum absolute atomic E-state index is 13.5. The maximum Gasteiger partial charge on any atom is 0.257 e. The van der Waals surface area contributed by atoms with Gasteiger partial charge in [-0.2, -0.15) is 4.98 Å². The first-order valence-electron chi connectivity index (χ1n) is 26.2. The van der Waals surface area contributed by atoms with E-state index in [0.717, 1.165) is 98.5 Å². The number of piperazine rings is 1. The Morgan fingerprint density at radius 2 is 1.43 bits per heavy atom. The van der Waals surface area contributed by atoms with Gasteiger partial charge in [0.2, 0.25) is 17.8 Å². The number of carbonyl (C=O) groups excluding carboxylic acids is 2. The Labute approximate surface area is 398 Å². The normalized spacial score (nSPS) is 22.3. The third-order valence-corrected chi connectivity index (χ3v) is 15.9. The highest BCUT2D eigenvalue weighted by Gasteiger charge is 2.51. The lowest BCUT2D eigenvalue weighted by Crippen LogP contribution is -2.48. The first kappa shape index (κ1) is 47.1. The number of benzene rings is 2. The van der Waals surface area contributed by atoms with E-state index in [1.165, 1.54) is 116 Å². The fourth-order valence-corrected chi connectivity index (χ4v) is 12.6. The van der Waals surface area contributed by atoms with Gasteiger partial charge in [-0.3, -0.25) is 23.9 Å². The molecule has 2 aromatic carbocycles. The molecule has 5 aliphatic carbocycles. The molecule has 2 amide bonds. The van der Waals surface area contributed by atoms with Gasteiger partial charge in [-0.1, -0.05) is 70.3 Å². The third-order valence-electron chi connectivity index (χ3n) is 15.9. The summed E-state index contributed by atoms with van der Waals surface area (Å²) in [4.78, 5) is 53.2. The van der Waals surface area contributed by atoms with E-state index in [4.69, 9.17) is 9.72 Å². The largest absolute Gasteiger partial charge is 0.494 e. The number of pyridine rings is 1. The molecule has 0 atom stereocenters. The predicted molar refractivity (Wildman–Crippen MR) is 270 cm³/mol. The minimum atomic E-state index is -0.211. The molecule has 0 radical (unpaired) electrons. The lowest BCUT2D eigenvalue weighted by atomic mass is 9.49. The average Bonchev–Trinajstić information content (AvgIpc) is 4.17. The topological polar surface area (TPSA) is 134 Å². The minimum absolute atomic E-state index is 0.0151. The number of nitrogens with one attached hydrogen (secondary N) is 3. The Morgan fingerprint density at radius 1 is 0.776 bits per heavy atom. The molecule has 1 aliphatic heterocycles. The summed E-state index contributed by atoms with van der Waals surface area (Å²) in [6.07, 6.45) is 28.4. The number of amides is 2. The van der Waals surface area contributed by atoms with Crippen molar-refractivity contribution in [2.45, 2.75) is 142 Å². The summed E-state index contributed by atoms with van der Waals surface area (Å²) in [5.41, 5.74) is 4.54. The van der Waals surface area contributed by atoms with Gasteiger partial charge in [-0.05, 0) is 137 Å². The zero-order chi connectivity index (χ0) is 46.2. The summed E-state index contributed by atoms with van der Waals surface area (Å²) >= 11 is 0. The van der Waals surface area contributed by atoms with Crippen molar-refractivity contribution in [2.75, 3.05) is 61.9 Å². The Balaban J connectivity index is 0.635. The first-order valence-corrected chi connectivity index (χ1v) is 26.2. The quantitative estimate of drug-likeness (QED) is 0.0588. The van der Waals surface area contributed by atoms with Crippen LogP contribution in [0.15, 0.2) is 59.5 Å². The summed E-state index contributed by atoms with van der Waals surface area (Å²) in [5, 5.41) is 10.4. The Hall–Kier alpha value is -4.97. The predicted octanol–water partition coefficient (Wildman–Crippen LogP) is 10.7. The minimum Gasteiger partial charge on any atom is -0.494 e. The number of carbonyl (C=O) groups is 2. The van der Waals surface area contributed by atoms with E-state index in [1.54, 1.807) is 23.9 Å². The summed E-state index contributed by atoms with van der Waals surface area (Å²) in [5.74, 6) is 4.23. The van der Waals surface area contributed by atoms with E-state index in [2.05, 4.69) is 42.9 Å². The van der Waals surface area contributed by atoms with Gasteiger partial charge in [-0.15, -0.1) is 0 Å². The molecule has 4 aromatic rings. The van der Waals surface area contributed by atoms with Crippen molar-refractivity contribution >= 4 is 45.9 Å². The van der Waals surface area contributed by atoms with Gasteiger partial charge in [-0.25, -0.2) is 4.98 Å². The highest BCUT2D eigenvalue weighted by Crippen LogP contribution is 2.61. The van der Waals surface area contributed by atoms with Crippen molar-refractivity contribution in [3.8, 4) is 11.4 Å². The van der Waals surface area contributed by atoms with Crippen LogP contribution in [-0.2, 0) is 9.59 Å². The summed E-state index contributed by atoms with van der Waals surface area (Å²) in [6, 6.07) is 15.1. The highest BCUT2D eigenvalue weighted by molar-refractivity contribution is 5.94. The first-order chi connectivity index (χ1) is 32.7. The lowest BCUT2D eigenvalue weighted by molar-refractivity contribution is -0.129. The smallest absolute Gasteiger partial charge is 0.257 e. The van der Waals surface area contributed by atoms with Crippen LogP contribution in [0.3, 0.4) is 0 Å². The monoisotopic (exact) mass is 913 g/mol. The van der Waals surface area contributed by atoms with Crippen LogP contribution in [0.2, 0.25) is 0 Å². The fourth-order valence-electron chi connectivity index (χ4n) is 12.6. The van der Waals surface area contributed by atoms with Crippen LogP contribution in [0.25, 0.3) is 16.7 Å². The fraction of sp³-hybridized carbons (Fsp3) is 0.618. The van der Waals surface area contributed by atoms with Gasteiger partial charge in [0.25, 0.3) is 5.56 Å². The number of nitrogens with zero attached hydrogens (tertiary/aromatic N) is 5. The molecular formula is C55H76N8O4. The van der Waals surface area contributed by atoms with Crippen molar-refractivity contribution in [3.05, 3.63) is 70.6 Å². The Kier molecular flexibility index (Phi) is 15.5. The number of unbranched alkanes of at least 4 members (excludes halogenated alkanes) is 11. The van der Waals surface area contributed by atoms with Gasteiger partial charge >= 0.3 is 0 Å². The van der Waals surface area contributed by atoms with Gasteiger partial charge in [0.05, 0.1) is 18.5 Å². The standard InChI is InChI=1S/C55H76N8O4/c1-39-28-51(65)63(46-17-15-16-44(32-46)58-53(66)43-18-19-43)52-47(39)38-57-54(60-52)59-48-21-20-45(33-49(48)67-2)62-26-24-61(25-27-62)23-14-12-10-8-6-4-3-5-7-9-11-13-22-56-50(64)37-55-34-40-29-41(35-55)31-42(30-40)36-55/h15-17,20-21,28,32-33,38,40-43H,3-14,18-19,22-27,29-31,34-37H2,1-2H3,(H,56,64)(H,58,66)(H,57,59,60). The molecule has 3 N–H and O–H groups in total. The molecule has 1 saturated heterocycles. The number of methoxy groups -OCH3 is 1. The molecule has 67 heavy (non-hydrogen) atoms. The second-order valence-electron chi connectivity index (χ2n) is 21.3. The van der Waals surface area contributed by atoms with Crippen LogP contribution in [0.4, 0.5) is 23.0 Å². The molecule has 0 unspecified atom stereocenters. The molecule has 4 bridgehead atoms. The van der Waals surface area contributed by atoms with Crippen LogP contribution in [0, 0.1) is 36.0 Å². The molecule has 3 heterocycles. The van der Waals surface area contributed by atoms with E-state index < -0.39 is 0 Å². The zero-order valence-corrected chi connectivity index (χ0v) is 40.5. The van der Waals surface area contributed by atoms with Crippen molar-refractivity contribution < 1.29 is 14.3 Å². The van der Waals surface area contributed by atoms with Crippen LogP contribution in [-0.4, -0.2) is 77.6 Å². The second-order valence-corrected chi connectivity index (χ2v) is 21.3. The SMILES string of the molecule is COc1cc(N2CCN(CCCCCCCCCCCCCCNC(=O)CC34CC5CC(CC(C5)C3)C4)CC2)ccc1Nc1ncc2c(C)cc(=O)n(-c3cccc(NC(=O)C4CC4)c3)c2n1. The Morgan fingerprint density at radius 3 is 2.09 bits per heavy atom. The molecule has 12 heteroatoms. The molecule has 6 fully saturated rings. The van der Waals surface area contributed by atoms with Gasteiger partial charge in [0, 0.05) is 80.2 Å². The molecule has 6 aliphatic rings. The van der Waals surface area contributed by atoms with Crippen molar-refractivity contribution in [1.82, 2.24) is 24.8 Å². The summed E-state index contributed by atoms with van der Waals surface area (Å²) in [7, 11) is 1.68. The van der Waals surface area contributed by atoms with Gasteiger partial charge in [0.1, 0.15) is 5.75 Å². The van der Waals surface area contributed by atoms with Crippen molar-refractivity contribution in [2.24, 2.45) is 29.1 Å². The molecule has 10 rings (SSSR count). The van der Waals surface area contributed by atoms with E-state index in [-0.39, 0.29) is 17.4 Å². The van der Waals surface area contributed by atoms with E-state index in [1.807, 2.05) is 37.3 Å². The molecule has 360 valence electrons. The molecule has 5 saturated carbocycles. The number of aromatic nitrogens is 3. The molecular weight excluding hydrogens is 837 g/mol. The summed E-state index contributed by atoms with van der Waals surface area (Å²) in [6.45, 7) is 7.99. The van der Waals surface area contributed by atoms with E-state index in [0.29, 0.717) is 40.0 Å².